The molecule has 0 amide bonds. The van der Waals surface area contributed by atoms with Crippen molar-refractivity contribution in [2.24, 2.45) is 0 Å². The summed E-state index contributed by atoms with van der Waals surface area (Å²) >= 11 is 0.954. The van der Waals surface area contributed by atoms with Crippen LogP contribution in [0.1, 0.15) is 0 Å². The first-order chi connectivity index (χ1) is 3.29. The van der Waals surface area contributed by atoms with Crippen LogP contribution in [0.3, 0.4) is 0 Å². The van der Waals surface area contributed by atoms with Gasteiger partial charge in [-0.25, -0.2) is 0 Å². The van der Waals surface area contributed by atoms with E-state index in [9.17, 15) is 4.39 Å². The lowest BCUT2D eigenvalue weighted by atomic mass is 10.1. The van der Waals surface area contributed by atoms with Gasteiger partial charge in [0, 0.05) is 0 Å². The van der Waals surface area contributed by atoms with E-state index in [1.165, 1.54) is 6.07 Å². The Morgan fingerprint density at radius 2 is 2.29 bits per heavy atom. The molecule has 1 aromatic rings. The summed E-state index contributed by atoms with van der Waals surface area (Å²) < 4.78 is 12.4. The first-order valence-electron chi connectivity index (χ1n) is 1.80. The van der Waals surface area contributed by atoms with Gasteiger partial charge in [-0.1, -0.05) is 6.07 Å². The average molecular weight is 112 g/mol. The first kappa shape index (κ1) is 4.84. The Labute approximate surface area is 46.4 Å². The van der Waals surface area contributed by atoms with E-state index in [-0.39, 0.29) is 5.13 Å². The number of rotatable bonds is 0. The molecule has 0 atom stereocenters. The van der Waals surface area contributed by atoms with Gasteiger partial charge in [-0.05, 0) is 10.8 Å². The van der Waals surface area contributed by atoms with Crippen LogP contribution in [0.25, 0.3) is 0 Å². The summed E-state index contributed by atoms with van der Waals surface area (Å²) in [5.41, 5.74) is 0. The largest absolute Gasteiger partial charge is 0.195 e. The van der Waals surface area contributed by atoms with Crippen molar-refractivity contribution < 1.29 is 4.39 Å². The Hall–Kier alpha value is -0.305. The number of hydrogen-bond donors (Lipinski definition) is 0. The van der Waals surface area contributed by atoms with Gasteiger partial charge in [-0.15, -0.1) is 11.3 Å². The molecule has 0 N–H and O–H groups in total. The monoisotopic (exact) mass is 112 g/mol. The van der Waals surface area contributed by atoms with Crippen molar-refractivity contribution in [2.45, 2.75) is 0 Å². The van der Waals surface area contributed by atoms with Gasteiger partial charge >= 0.3 is 0 Å². The van der Waals surface area contributed by atoms with Crippen molar-refractivity contribution in [3.05, 3.63) is 17.3 Å². The molecule has 0 unspecified atom stereocenters. The molecule has 7 heavy (non-hydrogen) atoms. The summed E-state index contributed by atoms with van der Waals surface area (Å²) in [7, 11) is 5.16. The molecule has 0 saturated carbocycles. The molecule has 0 aliphatic carbocycles. The summed E-state index contributed by atoms with van der Waals surface area (Å²) in [6.07, 6.45) is 0. The van der Waals surface area contributed by atoms with E-state index in [0.29, 0.717) is 4.78 Å². The maximum Gasteiger partial charge on any atom is 0.175 e. The zero-order chi connectivity index (χ0) is 5.28. The van der Waals surface area contributed by atoms with Crippen molar-refractivity contribution in [3.63, 3.8) is 0 Å². The van der Waals surface area contributed by atoms with Gasteiger partial charge in [0.1, 0.15) is 7.85 Å². The molecule has 1 heterocycles. The van der Waals surface area contributed by atoms with Crippen molar-refractivity contribution in [1.29, 1.82) is 0 Å². The Bertz CT molecular complexity index is 144. The maximum absolute atomic E-state index is 11.9. The van der Waals surface area contributed by atoms with Crippen LogP contribution >= 0.6 is 11.3 Å². The molecule has 0 spiro atoms. The Balaban J connectivity index is 3.04. The minimum atomic E-state index is -0.225. The fourth-order valence-corrected chi connectivity index (χ4v) is 0.826. The van der Waals surface area contributed by atoms with Crippen LogP contribution in [-0.2, 0) is 0 Å². The first-order valence-corrected chi connectivity index (χ1v) is 2.61. The molecule has 0 nitrogen and oxygen atoms in total. The minimum absolute atomic E-state index is 0.225. The molecular formula is C4H2BFS. The second-order valence-corrected chi connectivity index (χ2v) is 2.21. The summed E-state index contributed by atoms with van der Waals surface area (Å²) in [4.78, 5) is 0. The summed E-state index contributed by atoms with van der Waals surface area (Å²) in [6, 6.07) is 2.89. The Kier molecular flexibility index (Phi) is 1.15. The highest BCUT2D eigenvalue weighted by Gasteiger charge is 1.88. The third-order valence-electron chi connectivity index (χ3n) is 0.594. The molecule has 0 saturated heterocycles. The van der Waals surface area contributed by atoms with Gasteiger partial charge in [0.2, 0.25) is 0 Å². The third-order valence-corrected chi connectivity index (χ3v) is 1.30. The predicted octanol–water partition coefficient (Wildman–Crippen LogP) is 0.681. The number of hydrogen-bond acceptors (Lipinski definition) is 1. The lowest BCUT2D eigenvalue weighted by Gasteiger charge is -1.68. The molecule has 1 aromatic heterocycles. The molecule has 0 aromatic carbocycles. The Morgan fingerprint density at radius 1 is 1.57 bits per heavy atom. The van der Waals surface area contributed by atoms with Crippen LogP contribution in [0.5, 0.6) is 0 Å². The van der Waals surface area contributed by atoms with Gasteiger partial charge in [0.15, 0.2) is 5.13 Å². The van der Waals surface area contributed by atoms with E-state index < -0.39 is 0 Å². The smallest absolute Gasteiger partial charge is 0.175 e. The SMILES string of the molecule is [B]c1ccc(F)s1. The third kappa shape index (κ3) is 1.03. The van der Waals surface area contributed by atoms with Crippen LogP contribution in [0.4, 0.5) is 4.39 Å². The lowest BCUT2D eigenvalue weighted by Crippen LogP contribution is -1.88. The van der Waals surface area contributed by atoms with E-state index in [1.807, 2.05) is 0 Å². The van der Waals surface area contributed by atoms with Crippen molar-refractivity contribution in [2.75, 3.05) is 0 Å². The van der Waals surface area contributed by atoms with Crippen molar-refractivity contribution >= 4 is 24.0 Å². The lowest BCUT2D eigenvalue weighted by molar-refractivity contribution is 0.657. The quantitative estimate of drug-likeness (QED) is 0.433. The molecule has 1 rings (SSSR count). The second-order valence-electron chi connectivity index (χ2n) is 1.14. The van der Waals surface area contributed by atoms with Crippen LogP contribution in [0.15, 0.2) is 12.1 Å². The highest BCUT2D eigenvalue weighted by atomic mass is 32.1. The molecule has 34 valence electrons. The highest BCUT2D eigenvalue weighted by Crippen LogP contribution is 1.99. The normalized spacial score (nSPS) is 9.29. The zero-order valence-electron chi connectivity index (χ0n) is 3.52. The molecule has 0 fully saturated rings. The summed E-state index contributed by atoms with van der Waals surface area (Å²) in [5.74, 6) is 0. The fourth-order valence-electron chi connectivity index (χ4n) is 0.328. The van der Waals surface area contributed by atoms with Crippen molar-refractivity contribution in [1.82, 2.24) is 0 Å². The van der Waals surface area contributed by atoms with Gasteiger partial charge in [-0.2, -0.15) is 4.39 Å². The van der Waals surface area contributed by atoms with Gasteiger partial charge in [-0.3, -0.25) is 0 Å². The average Bonchev–Trinajstić information content (AvgIpc) is 1.87. The van der Waals surface area contributed by atoms with E-state index in [0.717, 1.165) is 11.3 Å². The van der Waals surface area contributed by atoms with E-state index in [2.05, 4.69) is 0 Å². The van der Waals surface area contributed by atoms with Crippen molar-refractivity contribution in [3.8, 4) is 0 Å². The molecule has 3 heteroatoms. The van der Waals surface area contributed by atoms with Crippen LogP contribution < -0.4 is 4.78 Å². The van der Waals surface area contributed by atoms with Gasteiger partial charge < -0.3 is 0 Å². The van der Waals surface area contributed by atoms with Crippen LogP contribution in [-0.4, -0.2) is 7.85 Å². The highest BCUT2D eigenvalue weighted by molar-refractivity contribution is 7.18. The van der Waals surface area contributed by atoms with Crippen LogP contribution in [0.2, 0.25) is 0 Å². The zero-order valence-corrected chi connectivity index (χ0v) is 4.33. The Morgan fingerprint density at radius 3 is 2.43 bits per heavy atom. The number of halogens is 1. The minimum Gasteiger partial charge on any atom is -0.195 e. The summed E-state index contributed by atoms with van der Waals surface area (Å²) in [6.45, 7) is 0. The van der Waals surface area contributed by atoms with Gasteiger partial charge in [0.05, 0.1) is 0 Å². The van der Waals surface area contributed by atoms with Crippen LogP contribution in [0, 0.1) is 5.13 Å². The fraction of sp³-hybridized carbons (Fsp3) is 0. The molecule has 0 aliphatic heterocycles. The topological polar surface area (TPSA) is 0 Å². The molecule has 0 bridgehead atoms. The molecule has 0 aliphatic rings. The predicted molar refractivity (Wildman–Crippen MR) is 29.7 cm³/mol. The van der Waals surface area contributed by atoms with Gasteiger partial charge in [0.25, 0.3) is 0 Å². The van der Waals surface area contributed by atoms with E-state index in [4.69, 9.17) is 7.85 Å². The van der Waals surface area contributed by atoms with E-state index >= 15 is 0 Å². The molecule has 2 radical (unpaired) electrons. The second kappa shape index (κ2) is 1.66. The number of thiophene rings is 1. The summed E-state index contributed by atoms with van der Waals surface area (Å²) in [5, 5.41) is -0.225. The molecular weight excluding hydrogens is 110 g/mol. The maximum atomic E-state index is 11.9. The standard InChI is InChI=1S/C4H2BFS/c5-3-1-2-4(6)7-3/h1-2H. The van der Waals surface area contributed by atoms with E-state index in [1.54, 1.807) is 6.07 Å².